The number of amides is 1. The van der Waals surface area contributed by atoms with E-state index >= 15 is 0 Å². The molecule has 1 aliphatic heterocycles. The van der Waals surface area contributed by atoms with E-state index in [0.717, 1.165) is 6.07 Å². The van der Waals surface area contributed by atoms with Gasteiger partial charge in [-0.15, -0.1) is 13.2 Å². The molecular formula is C21H16F3N5O3. The SMILES string of the molecule is CN1CCC(O)(C#Cc2ccc(OC(F)(F)F)c(-c3ncc4ccnc(N)c4n3)c2)C1=O. The van der Waals surface area contributed by atoms with Crippen molar-refractivity contribution in [2.75, 3.05) is 19.3 Å². The Morgan fingerprint density at radius 3 is 2.75 bits per heavy atom. The molecular weight excluding hydrogens is 427 g/mol. The smallest absolute Gasteiger partial charge is 0.405 e. The summed E-state index contributed by atoms with van der Waals surface area (Å²) in [6.07, 6.45) is -1.96. The number of ether oxygens (including phenoxy) is 1. The second-order valence-corrected chi connectivity index (χ2v) is 7.17. The number of carbonyl (C=O) groups is 1. The van der Waals surface area contributed by atoms with Gasteiger partial charge in [0, 0.05) is 43.4 Å². The summed E-state index contributed by atoms with van der Waals surface area (Å²) in [5, 5.41) is 11.0. The zero-order valence-electron chi connectivity index (χ0n) is 16.6. The number of nitrogens with two attached hydrogens (primary N) is 1. The number of likely N-dealkylation sites (tertiary alicyclic amines) is 1. The van der Waals surface area contributed by atoms with E-state index in [9.17, 15) is 23.1 Å². The molecule has 0 saturated carbocycles. The summed E-state index contributed by atoms with van der Waals surface area (Å²) in [4.78, 5) is 25.7. The number of benzene rings is 1. The van der Waals surface area contributed by atoms with Gasteiger partial charge >= 0.3 is 6.36 Å². The Labute approximate surface area is 179 Å². The summed E-state index contributed by atoms with van der Waals surface area (Å²) >= 11 is 0. The molecule has 1 amide bonds. The van der Waals surface area contributed by atoms with Crippen molar-refractivity contribution in [3.05, 3.63) is 42.2 Å². The maximum atomic E-state index is 12.9. The lowest BCUT2D eigenvalue weighted by atomic mass is 10.0. The molecule has 1 unspecified atom stereocenters. The molecule has 11 heteroatoms. The Bertz CT molecular complexity index is 1290. The lowest BCUT2D eigenvalue weighted by molar-refractivity contribution is -0.274. The predicted octanol–water partition coefficient (Wildman–Crippen LogP) is 2.12. The highest BCUT2D eigenvalue weighted by atomic mass is 19.4. The average Bonchev–Trinajstić information content (AvgIpc) is 3.00. The van der Waals surface area contributed by atoms with Crippen molar-refractivity contribution in [3.8, 4) is 29.0 Å². The van der Waals surface area contributed by atoms with Crippen LogP contribution in [0, 0.1) is 11.8 Å². The number of carbonyl (C=O) groups excluding carboxylic acids is 1. The fourth-order valence-corrected chi connectivity index (χ4v) is 3.25. The molecule has 164 valence electrons. The fraction of sp³-hybridized carbons (Fsp3) is 0.238. The number of hydrogen-bond acceptors (Lipinski definition) is 7. The minimum absolute atomic E-state index is 0.0875. The molecule has 1 aliphatic rings. The number of anilines is 1. The van der Waals surface area contributed by atoms with Gasteiger partial charge in [0.15, 0.2) is 5.82 Å². The molecule has 32 heavy (non-hydrogen) atoms. The van der Waals surface area contributed by atoms with Crippen LogP contribution in [0.25, 0.3) is 22.3 Å². The minimum atomic E-state index is -4.95. The topological polar surface area (TPSA) is 114 Å². The van der Waals surface area contributed by atoms with E-state index in [-0.39, 0.29) is 34.7 Å². The number of nitrogen functional groups attached to an aromatic ring is 1. The van der Waals surface area contributed by atoms with E-state index in [0.29, 0.717) is 11.9 Å². The molecule has 2 aromatic heterocycles. The quantitative estimate of drug-likeness (QED) is 0.583. The number of fused-ring (bicyclic) bond motifs is 1. The normalized spacial score (nSPS) is 18.5. The number of hydrogen-bond donors (Lipinski definition) is 2. The van der Waals surface area contributed by atoms with Gasteiger partial charge < -0.3 is 20.5 Å². The first kappa shape index (κ1) is 21.3. The van der Waals surface area contributed by atoms with Gasteiger partial charge in [-0.25, -0.2) is 15.0 Å². The van der Waals surface area contributed by atoms with Gasteiger partial charge in [0.05, 0.1) is 5.56 Å². The molecule has 1 aromatic carbocycles. The third kappa shape index (κ3) is 4.13. The van der Waals surface area contributed by atoms with E-state index in [1.807, 2.05) is 0 Å². The van der Waals surface area contributed by atoms with E-state index in [2.05, 4.69) is 31.5 Å². The summed E-state index contributed by atoms with van der Waals surface area (Å²) in [6, 6.07) is 5.25. The van der Waals surface area contributed by atoms with Crippen LogP contribution >= 0.6 is 0 Å². The van der Waals surface area contributed by atoms with E-state index in [1.165, 1.54) is 29.4 Å². The van der Waals surface area contributed by atoms with Gasteiger partial charge in [-0.1, -0.05) is 11.8 Å². The van der Waals surface area contributed by atoms with Crippen LogP contribution in [0.15, 0.2) is 36.7 Å². The number of alkyl halides is 3. The lowest BCUT2D eigenvalue weighted by Gasteiger charge is -2.14. The van der Waals surface area contributed by atoms with Gasteiger partial charge in [-0.05, 0) is 24.3 Å². The van der Waals surface area contributed by atoms with Crippen LogP contribution in [-0.2, 0) is 4.79 Å². The second-order valence-electron chi connectivity index (χ2n) is 7.17. The van der Waals surface area contributed by atoms with Crippen LogP contribution in [0.4, 0.5) is 19.0 Å². The Hall–Kier alpha value is -3.91. The number of aromatic nitrogens is 3. The van der Waals surface area contributed by atoms with Crippen LogP contribution in [0.2, 0.25) is 0 Å². The van der Waals surface area contributed by atoms with Gasteiger partial charge in [0.2, 0.25) is 5.60 Å². The molecule has 1 fully saturated rings. The molecule has 4 rings (SSSR count). The zero-order valence-corrected chi connectivity index (χ0v) is 16.6. The predicted molar refractivity (Wildman–Crippen MR) is 108 cm³/mol. The summed E-state index contributed by atoms with van der Waals surface area (Å²) in [6.45, 7) is 0.341. The molecule has 1 atom stereocenters. The number of pyridine rings is 1. The van der Waals surface area contributed by atoms with Crippen molar-refractivity contribution in [2.24, 2.45) is 0 Å². The lowest BCUT2D eigenvalue weighted by Crippen LogP contribution is -2.37. The van der Waals surface area contributed by atoms with Gasteiger partial charge in [0.25, 0.3) is 5.91 Å². The largest absolute Gasteiger partial charge is 0.573 e. The van der Waals surface area contributed by atoms with Crippen molar-refractivity contribution in [1.29, 1.82) is 0 Å². The highest BCUT2D eigenvalue weighted by Gasteiger charge is 2.42. The van der Waals surface area contributed by atoms with Gasteiger partial charge in [-0.2, -0.15) is 0 Å². The molecule has 0 spiro atoms. The maximum Gasteiger partial charge on any atom is 0.573 e. The number of nitrogens with zero attached hydrogens (tertiary/aromatic N) is 4. The highest BCUT2D eigenvalue weighted by molar-refractivity contribution is 5.90. The minimum Gasteiger partial charge on any atom is -0.405 e. The molecule has 0 aliphatic carbocycles. The van der Waals surface area contributed by atoms with E-state index in [1.54, 1.807) is 13.1 Å². The van der Waals surface area contributed by atoms with Crippen molar-refractivity contribution >= 4 is 22.6 Å². The molecule has 3 aromatic rings. The van der Waals surface area contributed by atoms with Crippen LogP contribution < -0.4 is 10.5 Å². The Morgan fingerprint density at radius 1 is 1.28 bits per heavy atom. The molecule has 0 radical (unpaired) electrons. The summed E-state index contributed by atoms with van der Waals surface area (Å²) in [5.74, 6) is 4.09. The Kier molecular flexibility index (Phi) is 5.10. The van der Waals surface area contributed by atoms with Gasteiger partial charge in [-0.3, -0.25) is 4.79 Å². The Balaban J connectivity index is 1.81. The van der Waals surface area contributed by atoms with E-state index in [4.69, 9.17) is 5.73 Å². The Morgan fingerprint density at radius 2 is 2.06 bits per heavy atom. The average molecular weight is 443 g/mol. The fourth-order valence-electron chi connectivity index (χ4n) is 3.25. The van der Waals surface area contributed by atoms with Crippen molar-refractivity contribution in [3.63, 3.8) is 0 Å². The van der Waals surface area contributed by atoms with Crippen LogP contribution in [0.1, 0.15) is 12.0 Å². The molecule has 8 nitrogen and oxygen atoms in total. The maximum absolute atomic E-state index is 12.9. The third-order valence-electron chi connectivity index (χ3n) is 4.90. The number of likely N-dealkylation sites (N-methyl/N-ethyl adjacent to an activating group) is 1. The van der Waals surface area contributed by atoms with Crippen molar-refractivity contribution < 1.29 is 27.8 Å². The zero-order chi connectivity index (χ0) is 23.1. The van der Waals surface area contributed by atoms with Crippen molar-refractivity contribution in [2.45, 2.75) is 18.4 Å². The standard InChI is InChI=1S/C21H16F3N5O3/c1-29-9-7-20(31,19(29)30)6-4-12-2-3-15(32-21(22,23)24)14(10-12)18-27-11-13-5-8-26-17(25)16(13)28-18/h2-3,5,8,10-11,31H,7,9H2,1H3,(H2,25,26). The van der Waals surface area contributed by atoms with Crippen LogP contribution in [-0.4, -0.2) is 56.4 Å². The second kappa shape index (κ2) is 7.65. The van der Waals surface area contributed by atoms with Crippen LogP contribution in [0.5, 0.6) is 5.75 Å². The van der Waals surface area contributed by atoms with Crippen molar-refractivity contribution in [1.82, 2.24) is 19.9 Å². The third-order valence-corrected chi connectivity index (χ3v) is 4.90. The van der Waals surface area contributed by atoms with Crippen LogP contribution in [0.3, 0.4) is 0 Å². The van der Waals surface area contributed by atoms with Gasteiger partial charge in [0.1, 0.15) is 17.1 Å². The summed E-state index contributed by atoms with van der Waals surface area (Å²) in [5.41, 5.74) is 4.38. The summed E-state index contributed by atoms with van der Waals surface area (Å²) in [7, 11) is 1.54. The summed E-state index contributed by atoms with van der Waals surface area (Å²) < 4.78 is 43.0. The first-order chi connectivity index (χ1) is 15.1. The highest BCUT2D eigenvalue weighted by Crippen LogP contribution is 2.34. The monoisotopic (exact) mass is 443 g/mol. The molecule has 3 heterocycles. The number of halogens is 3. The number of rotatable bonds is 2. The first-order valence-corrected chi connectivity index (χ1v) is 9.34. The van der Waals surface area contributed by atoms with E-state index < -0.39 is 23.6 Å². The number of aliphatic hydroxyl groups is 1. The molecule has 0 bridgehead atoms. The molecule has 3 N–H and O–H groups in total. The molecule has 1 saturated heterocycles. The first-order valence-electron chi connectivity index (χ1n) is 9.34.